The minimum absolute atomic E-state index is 0.801. The highest BCUT2D eigenvalue weighted by Gasteiger charge is 2.23. The van der Waals surface area contributed by atoms with Crippen molar-refractivity contribution in [2.45, 2.75) is 32.7 Å². The number of hydrogen-bond acceptors (Lipinski definition) is 3. The van der Waals surface area contributed by atoms with E-state index in [9.17, 15) is 0 Å². The van der Waals surface area contributed by atoms with Gasteiger partial charge in [0.1, 0.15) is 5.82 Å². The molecule has 2 N–H and O–H groups in total. The maximum absolute atomic E-state index is 4.75. The van der Waals surface area contributed by atoms with E-state index >= 15 is 0 Å². The van der Waals surface area contributed by atoms with Crippen LogP contribution >= 0.6 is 0 Å². The average Bonchev–Trinajstić information content (AvgIpc) is 2.94. The van der Waals surface area contributed by atoms with E-state index in [0.717, 1.165) is 31.8 Å². The number of H-pyrrole nitrogens is 1. The van der Waals surface area contributed by atoms with E-state index < -0.39 is 0 Å². The molecule has 3 heterocycles. The lowest BCUT2D eigenvalue weighted by Crippen LogP contribution is -2.23. The Hall–Kier alpha value is -0.870. The van der Waals surface area contributed by atoms with Crippen LogP contribution in [0.25, 0.3) is 0 Å². The molecule has 4 heteroatoms. The van der Waals surface area contributed by atoms with Crippen LogP contribution in [-0.4, -0.2) is 41.0 Å². The maximum atomic E-state index is 4.75. The lowest BCUT2D eigenvalue weighted by molar-refractivity contribution is 0.341. The first-order valence-corrected chi connectivity index (χ1v) is 6.85. The molecule has 0 spiro atoms. The number of aromatic amines is 1. The molecule has 1 saturated heterocycles. The summed E-state index contributed by atoms with van der Waals surface area (Å²) in [5.74, 6) is 2.01. The number of likely N-dealkylation sites (tertiary alicyclic amines) is 1. The molecule has 3 rings (SSSR count). The summed E-state index contributed by atoms with van der Waals surface area (Å²) < 4.78 is 0. The Bertz CT molecular complexity index is 361. The molecular weight excluding hydrogens is 212 g/mol. The van der Waals surface area contributed by atoms with Crippen LogP contribution in [0.2, 0.25) is 0 Å². The van der Waals surface area contributed by atoms with Gasteiger partial charge in [-0.05, 0) is 25.4 Å². The minimum Gasteiger partial charge on any atom is -0.345 e. The zero-order chi connectivity index (χ0) is 11.7. The van der Waals surface area contributed by atoms with Crippen molar-refractivity contribution in [3.8, 4) is 0 Å². The third-order valence-electron chi connectivity index (χ3n) is 4.05. The smallest absolute Gasteiger partial charge is 0.106 e. The predicted octanol–water partition coefficient (Wildman–Crippen LogP) is 0.940. The van der Waals surface area contributed by atoms with Crippen LogP contribution in [-0.2, 0) is 19.4 Å². The monoisotopic (exact) mass is 234 g/mol. The summed E-state index contributed by atoms with van der Waals surface area (Å²) in [6, 6.07) is 0. The summed E-state index contributed by atoms with van der Waals surface area (Å²) in [5.41, 5.74) is 2.61. The van der Waals surface area contributed by atoms with Crippen molar-refractivity contribution >= 4 is 0 Å². The van der Waals surface area contributed by atoms with Gasteiger partial charge in [-0.2, -0.15) is 0 Å². The van der Waals surface area contributed by atoms with Gasteiger partial charge in [-0.15, -0.1) is 0 Å². The van der Waals surface area contributed by atoms with Crippen molar-refractivity contribution in [3.63, 3.8) is 0 Å². The van der Waals surface area contributed by atoms with Gasteiger partial charge in [0.2, 0.25) is 0 Å². The SMILES string of the molecule is CCN1CCC(Cc2nc3c([nH]2)CNCC3)C1. The van der Waals surface area contributed by atoms with Gasteiger partial charge in [-0.1, -0.05) is 6.92 Å². The lowest BCUT2D eigenvalue weighted by Gasteiger charge is -2.11. The number of imidazole rings is 1. The Labute approximate surface area is 103 Å². The Morgan fingerprint density at radius 3 is 3.18 bits per heavy atom. The van der Waals surface area contributed by atoms with Crippen LogP contribution in [0.15, 0.2) is 0 Å². The van der Waals surface area contributed by atoms with Crippen LogP contribution in [0.3, 0.4) is 0 Å². The fourth-order valence-corrected chi connectivity index (χ4v) is 3.01. The van der Waals surface area contributed by atoms with E-state index in [-0.39, 0.29) is 0 Å². The molecular formula is C13H22N4. The van der Waals surface area contributed by atoms with Gasteiger partial charge in [-0.3, -0.25) is 0 Å². The van der Waals surface area contributed by atoms with Gasteiger partial charge in [0.15, 0.2) is 0 Å². The molecule has 2 aliphatic heterocycles. The van der Waals surface area contributed by atoms with E-state index in [1.54, 1.807) is 0 Å². The van der Waals surface area contributed by atoms with Crippen molar-refractivity contribution in [1.29, 1.82) is 0 Å². The second kappa shape index (κ2) is 4.78. The topological polar surface area (TPSA) is 44.0 Å². The van der Waals surface area contributed by atoms with Gasteiger partial charge in [0.05, 0.1) is 11.4 Å². The molecule has 2 aliphatic rings. The summed E-state index contributed by atoms with van der Waals surface area (Å²) in [6.07, 6.45) is 3.54. The fourth-order valence-electron chi connectivity index (χ4n) is 3.01. The van der Waals surface area contributed by atoms with Crippen molar-refractivity contribution in [3.05, 3.63) is 17.2 Å². The zero-order valence-corrected chi connectivity index (χ0v) is 10.6. The van der Waals surface area contributed by atoms with Crippen molar-refractivity contribution in [2.75, 3.05) is 26.2 Å². The first-order valence-electron chi connectivity index (χ1n) is 6.85. The highest BCUT2D eigenvalue weighted by atomic mass is 15.1. The largest absolute Gasteiger partial charge is 0.345 e. The molecule has 0 aromatic carbocycles. The lowest BCUT2D eigenvalue weighted by atomic mass is 10.1. The van der Waals surface area contributed by atoms with Crippen LogP contribution < -0.4 is 5.32 Å². The van der Waals surface area contributed by atoms with Crippen LogP contribution in [0.1, 0.15) is 30.6 Å². The number of fused-ring (bicyclic) bond motifs is 1. The fraction of sp³-hybridized carbons (Fsp3) is 0.769. The molecule has 1 atom stereocenters. The maximum Gasteiger partial charge on any atom is 0.106 e. The highest BCUT2D eigenvalue weighted by Crippen LogP contribution is 2.20. The number of aromatic nitrogens is 2. The Balaban J connectivity index is 1.63. The third kappa shape index (κ3) is 2.38. The minimum atomic E-state index is 0.801. The third-order valence-corrected chi connectivity index (χ3v) is 4.05. The van der Waals surface area contributed by atoms with Crippen LogP contribution in [0.4, 0.5) is 0 Å². The standard InChI is InChI=1S/C13H22N4/c1-2-17-6-4-10(9-17)7-13-15-11-3-5-14-8-12(11)16-13/h10,14H,2-9H2,1H3,(H,15,16). The van der Waals surface area contributed by atoms with Gasteiger partial charge in [0.25, 0.3) is 0 Å². The van der Waals surface area contributed by atoms with Gasteiger partial charge in [-0.25, -0.2) is 4.98 Å². The first-order chi connectivity index (χ1) is 8.35. The predicted molar refractivity (Wildman–Crippen MR) is 67.9 cm³/mol. The summed E-state index contributed by atoms with van der Waals surface area (Å²) >= 11 is 0. The van der Waals surface area contributed by atoms with E-state index in [1.807, 2.05) is 0 Å². The second-order valence-corrected chi connectivity index (χ2v) is 5.29. The number of rotatable bonds is 3. The van der Waals surface area contributed by atoms with Crippen molar-refractivity contribution in [1.82, 2.24) is 20.2 Å². The van der Waals surface area contributed by atoms with Crippen molar-refractivity contribution < 1.29 is 0 Å². The molecule has 0 aliphatic carbocycles. The first kappa shape index (κ1) is 11.2. The molecule has 0 bridgehead atoms. The Kier molecular flexibility index (Phi) is 3.16. The van der Waals surface area contributed by atoms with E-state index in [1.165, 1.54) is 43.3 Å². The molecule has 17 heavy (non-hydrogen) atoms. The summed E-state index contributed by atoms with van der Waals surface area (Å²) in [6.45, 7) is 8.00. The Morgan fingerprint density at radius 2 is 2.41 bits per heavy atom. The van der Waals surface area contributed by atoms with Crippen LogP contribution in [0, 0.1) is 5.92 Å². The molecule has 1 fully saturated rings. The van der Waals surface area contributed by atoms with E-state index in [2.05, 4.69) is 22.1 Å². The molecule has 94 valence electrons. The van der Waals surface area contributed by atoms with E-state index in [4.69, 9.17) is 4.98 Å². The number of nitrogens with zero attached hydrogens (tertiary/aromatic N) is 2. The summed E-state index contributed by atoms with van der Waals surface area (Å²) in [7, 11) is 0. The molecule has 1 aromatic rings. The Morgan fingerprint density at radius 1 is 1.47 bits per heavy atom. The average molecular weight is 234 g/mol. The van der Waals surface area contributed by atoms with Crippen LogP contribution in [0.5, 0.6) is 0 Å². The molecule has 1 unspecified atom stereocenters. The van der Waals surface area contributed by atoms with Gasteiger partial charge in [0, 0.05) is 32.5 Å². The van der Waals surface area contributed by atoms with Crippen molar-refractivity contribution in [2.24, 2.45) is 5.92 Å². The second-order valence-electron chi connectivity index (χ2n) is 5.29. The summed E-state index contributed by atoms with van der Waals surface area (Å²) in [4.78, 5) is 10.8. The quantitative estimate of drug-likeness (QED) is 0.818. The number of hydrogen-bond donors (Lipinski definition) is 2. The van der Waals surface area contributed by atoms with Gasteiger partial charge >= 0.3 is 0 Å². The van der Waals surface area contributed by atoms with E-state index in [0.29, 0.717) is 0 Å². The van der Waals surface area contributed by atoms with Gasteiger partial charge < -0.3 is 15.2 Å². The molecule has 0 saturated carbocycles. The molecule has 0 radical (unpaired) electrons. The zero-order valence-electron chi connectivity index (χ0n) is 10.6. The molecule has 4 nitrogen and oxygen atoms in total. The number of nitrogens with one attached hydrogen (secondary N) is 2. The molecule has 1 aromatic heterocycles. The molecule has 0 amide bonds. The summed E-state index contributed by atoms with van der Waals surface area (Å²) in [5, 5.41) is 3.38. The normalized spacial score (nSPS) is 25.1. The highest BCUT2D eigenvalue weighted by molar-refractivity contribution is 5.17.